The average molecular weight is 218 g/mol. The van der Waals surface area contributed by atoms with Crippen LogP contribution in [-0.4, -0.2) is 18.6 Å². The maximum Gasteiger partial charge on any atom is 0.0176 e. The van der Waals surface area contributed by atoms with Gasteiger partial charge in [0.1, 0.15) is 0 Å². The lowest BCUT2D eigenvalue weighted by Crippen LogP contribution is -2.36. The molecule has 15 heavy (non-hydrogen) atoms. The quantitative estimate of drug-likeness (QED) is 0.572. The van der Waals surface area contributed by atoms with Crippen LogP contribution in [0.3, 0.4) is 0 Å². The normalized spacial score (nSPS) is 10.4. The molecule has 0 aliphatic heterocycles. The smallest absolute Gasteiger partial charge is 0.0176 e. The van der Waals surface area contributed by atoms with Crippen molar-refractivity contribution in [2.24, 2.45) is 17.2 Å². The van der Waals surface area contributed by atoms with Gasteiger partial charge in [0.2, 0.25) is 0 Å². The number of rotatable bonds is 4. The molecular weight excluding hydrogens is 184 g/mol. The molecule has 0 unspecified atom stereocenters. The predicted octanol–water partition coefficient (Wildman–Crippen LogP) is 3.92. The third kappa shape index (κ3) is 20.1. The van der Waals surface area contributed by atoms with Crippen LogP contribution in [0.5, 0.6) is 0 Å². The highest BCUT2D eigenvalue weighted by Gasteiger charge is 2.19. The predicted molar refractivity (Wildman–Crippen MR) is 72.7 cm³/mol. The summed E-state index contributed by atoms with van der Waals surface area (Å²) in [5, 5.41) is 1.77. The van der Waals surface area contributed by atoms with Crippen LogP contribution in [0.25, 0.3) is 0 Å². The Morgan fingerprint density at radius 2 is 1.40 bits per heavy atom. The molecule has 0 radical (unpaired) electrons. The largest absolute Gasteiger partial charge is 0.269 e. The van der Waals surface area contributed by atoms with Gasteiger partial charge in [-0.2, -0.15) is 0 Å². The van der Waals surface area contributed by atoms with E-state index in [1.165, 1.54) is 6.42 Å². The lowest BCUT2D eigenvalue weighted by molar-refractivity contribution is 0.182. The van der Waals surface area contributed by atoms with Gasteiger partial charge in [0.05, 0.1) is 0 Å². The van der Waals surface area contributed by atoms with E-state index in [-0.39, 0.29) is 0 Å². The molecule has 0 fully saturated rings. The molecule has 2 heteroatoms. The number of hydrogen-bond acceptors (Lipinski definition) is 2. The van der Waals surface area contributed by atoms with Gasteiger partial charge in [-0.25, -0.2) is 5.01 Å². The van der Waals surface area contributed by atoms with Crippen molar-refractivity contribution >= 4 is 0 Å². The molecule has 0 aromatic rings. The Hall–Kier alpha value is -0.0800. The molecule has 0 spiro atoms. The van der Waals surface area contributed by atoms with Crippen molar-refractivity contribution in [2.75, 3.05) is 13.6 Å². The van der Waals surface area contributed by atoms with Crippen molar-refractivity contribution in [3.05, 3.63) is 0 Å². The van der Waals surface area contributed by atoms with E-state index in [1.54, 1.807) is 5.01 Å². The highest BCUT2D eigenvalue weighted by Crippen LogP contribution is 2.24. The highest BCUT2D eigenvalue weighted by atomic mass is 15.4. The maximum atomic E-state index is 5.59. The van der Waals surface area contributed by atoms with E-state index in [0.29, 0.717) is 5.41 Å². The molecule has 0 saturated carbocycles. The Kier molecular flexibility index (Phi) is 16.3. The fraction of sp³-hybridized carbons (Fsp3) is 1.00. The molecule has 0 heterocycles. The SMILES string of the molecule is CC.CC.CC(C)CC(C)(C)CN(C)N. The van der Waals surface area contributed by atoms with Gasteiger partial charge in [0.25, 0.3) is 0 Å². The summed E-state index contributed by atoms with van der Waals surface area (Å²) in [5.74, 6) is 6.34. The molecule has 2 N–H and O–H groups in total. The molecule has 0 atom stereocenters. The van der Waals surface area contributed by atoms with Crippen molar-refractivity contribution in [3.8, 4) is 0 Å². The van der Waals surface area contributed by atoms with Crippen LogP contribution in [0.2, 0.25) is 0 Å². The molecule has 2 nitrogen and oxygen atoms in total. The van der Waals surface area contributed by atoms with E-state index in [4.69, 9.17) is 5.84 Å². The fourth-order valence-electron chi connectivity index (χ4n) is 1.84. The van der Waals surface area contributed by atoms with E-state index in [9.17, 15) is 0 Å². The number of hydrazine groups is 1. The minimum absolute atomic E-state index is 0.345. The molecule has 0 rings (SSSR count). The summed E-state index contributed by atoms with van der Waals surface area (Å²) in [5.41, 5.74) is 0.345. The van der Waals surface area contributed by atoms with Gasteiger partial charge in [-0.1, -0.05) is 55.4 Å². The third-order valence-electron chi connectivity index (χ3n) is 1.64. The van der Waals surface area contributed by atoms with Crippen LogP contribution in [0.1, 0.15) is 61.8 Å². The molecule has 0 aromatic heterocycles. The summed E-state index contributed by atoms with van der Waals surface area (Å²) in [6, 6.07) is 0. The molecule has 0 saturated heterocycles. The standard InChI is InChI=1S/C9H22N2.2C2H6/c1-8(2)6-9(3,4)7-11(5)10;2*1-2/h8H,6-7,10H2,1-5H3;2*1-2H3. The molecular formula is C13H34N2. The van der Waals surface area contributed by atoms with Gasteiger partial charge in [0.15, 0.2) is 0 Å². The minimum atomic E-state index is 0.345. The van der Waals surface area contributed by atoms with E-state index < -0.39 is 0 Å². The van der Waals surface area contributed by atoms with Crippen molar-refractivity contribution in [2.45, 2.75) is 61.8 Å². The number of nitrogens with zero attached hydrogens (tertiary/aromatic N) is 1. The average Bonchev–Trinajstić information content (AvgIpc) is 2.06. The van der Waals surface area contributed by atoms with Gasteiger partial charge in [-0.3, -0.25) is 5.84 Å². The van der Waals surface area contributed by atoms with Crippen molar-refractivity contribution in [1.82, 2.24) is 5.01 Å². The Morgan fingerprint density at radius 1 is 1.07 bits per heavy atom. The second kappa shape index (κ2) is 12.0. The maximum absolute atomic E-state index is 5.59. The van der Waals surface area contributed by atoms with Crippen LogP contribution in [0, 0.1) is 11.3 Å². The first-order chi connectivity index (χ1) is 6.83. The first-order valence-corrected chi connectivity index (χ1v) is 6.29. The third-order valence-corrected chi connectivity index (χ3v) is 1.64. The zero-order chi connectivity index (χ0) is 13.1. The first-order valence-electron chi connectivity index (χ1n) is 6.29. The lowest BCUT2D eigenvalue weighted by atomic mass is 9.84. The van der Waals surface area contributed by atoms with Gasteiger partial charge in [0, 0.05) is 13.6 Å². The van der Waals surface area contributed by atoms with E-state index in [0.717, 1.165) is 12.5 Å². The summed E-state index contributed by atoms with van der Waals surface area (Å²) in [6.45, 7) is 18.0. The van der Waals surface area contributed by atoms with Gasteiger partial charge < -0.3 is 0 Å². The Balaban J connectivity index is -0.000000318. The molecule has 96 valence electrons. The summed E-state index contributed by atoms with van der Waals surface area (Å²) in [6.07, 6.45) is 1.23. The monoisotopic (exact) mass is 218 g/mol. The Morgan fingerprint density at radius 3 is 1.60 bits per heavy atom. The Labute approximate surface area is 98.2 Å². The van der Waals surface area contributed by atoms with Gasteiger partial charge in [-0.05, 0) is 17.8 Å². The number of nitrogens with two attached hydrogens (primary N) is 1. The second-order valence-electron chi connectivity index (χ2n) is 4.68. The van der Waals surface area contributed by atoms with Crippen LogP contribution in [-0.2, 0) is 0 Å². The fourth-order valence-corrected chi connectivity index (χ4v) is 1.84. The van der Waals surface area contributed by atoms with Gasteiger partial charge in [-0.15, -0.1) is 0 Å². The zero-order valence-corrected chi connectivity index (χ0v) is 12.5. The second-order valence-corrected chi connectivity index (χ2v) is 4.68. The molecule has 0 aliphatic carbocycles. The molecule has 0 bridgehead atoms. The summed E-state index contributed by atoms with van der Waals surface area (Å²) < 4.78 is 0. The van der Waals surface area contributed by atoms with E-state index >= 15 is 0 Å². The van der Waals surface area contributed by atoms with Crippen LogP contribution >= 0.6 is 0 Å². The van der Waals surface area contributed by atoms with Crippen molar-refractivity contribution in [1.29, 1.82) is 0 Å². The molecule has 0 aromatic carbocycles. The summed E-state index contributed by atoms with van der Waals surface area (Å²) >= 11 is 0. The van der Waals surface area contributed by atoms with Crippen molar-refractivity contribution < 1.29 is 0 Å². The van der Waals surface area contributed by atoms with Crippen LogP contribution in [0.4, 0.5) is 0 Å². The van der Waals surface area contributed by atoms with E-state index in [2.05, 4.69) is 27.7 Å². The number of hydrogen-bond donors (Lipinski definition) is 1. The first kappa shape index (κ1) is 20.3. The highest BCUT2D eigenvalue weighted by molar-refractivity contribution is 4.71. The summed E-state index contributed by atoms with van der Waals surface area (Å²) in [7, 11) is 1.92. The lowest BCUT2D eigenvalue weighted by Gasteiger charge is -2.29. The summed E-state index contributed by atoms with van der Waals surface area (Å²) in [4.78, 5) is 0. The topological polar surface area (TPSA) is 29.3 Å². The molecule has 0 amide bonds. The van der Waals surface area contributed by atoms with Crippen LogP contribution < -0.4 is 5.84 Å². The van der Waals surface area contributed by atoms with Crippen LogP contribution in [0.15, 0.2) is 0 Å². The molecule has 0 aliphatic rings. The zero-order valence-electron chi connectivity index (χ0n) is 12.5. The minimum Gasteiger partial charge on any atom is -0.269 e. The van der Waals surface area contributed by atoms with Crippen molar-refractivity contribution in [3.63, 3.8) is 0 Å². The Bertz CT molecular complexity index is 95.1. The van der Waals surface area contributed by atoms with Gasteiger partial charge >= 0.3 is 0 Å². The van der Waals surface area contributed by atoms with E-state index in [1.807, 2.05) is 34.7 Å².